The number of hydrogen-bond acceptors (Lipinski definition) is 2. The first kappa shape index (κ1) is 13.8. The molecule has 0 saturated heterocycles. The van der Waals surface area contributed by atoms with E-state index in [2.05, 4.69) is 26.7 Å². The monoisotopic (exact) mass is 224 g/mol. The Morgan fingerprint density at radius 1 is 0.846 bits per heavy atom. The van der Waals surface area contributed by atoms with E-state index in [1.165, 1.54) is 0 Å². The van der Waals surface area contributed by atoms with E-state index in [9.17, 15) is 0 Å². The molecule has 80 valence electrons. The summed E-state index contributed by atoms with van der Waals surface area (Å²) >= 11 is 0. The van der Waals surface area contributed by atoms with Gasteiger partial charge in [0.05, 0.1) is 11.7 Å². The zero-order valence-electron chi connectivity index (χ0n) is 9.57. The number of hydrogen-bond donors (Lipinski definition) is 0. The van der Waals surface area contributed by atoms with Crippen LogP contribution in [0.25, 0.3) is 0 Å². The molecule has 0 N–H and O–H groups in total. The molecular formula is C9H22O2P2. The average Bonchev–Trinajstić information content (AvgIpc) is 2.05. The van der Waals surface area contributed by atoms with Crippen molar-refractivity contribution in [1.29, 1.82) is 0 Å². The van der Waals surface area contributed by atoms with E-state index in [1.807, 2.05) is 0 Å². The zero-order valence-corrected chi connectivity index (χ0v) is 11.4. The molecule has 0 radical (unpaired) electrons. The average molecular weight is 224 g/mol. The van der Waals surface area contributed by atoms with Crippen LogP contribution in [0.5, 0.6) is 0 Å². The summed E-state index contributed by atoms with van der Waals surface area (Å²) in [4.78, 5) is 0. The topological polar surface area (TPSA) is 18.5 Å². The van der Waals surface area contributed by atoms with Crippen LogP contribution in [-0.4, -0.2) is 52.6 Å². The van der Waals surface area contributed by atoms with Crippen LogP contribution >= 0.6 is 15.8 Å². The molecule has 0 aromatic heterocycles. The molecule has 0 aliphatic heterocycles. The van der Waals surface area contributed by atoms with E-state index in [1.54, 1.807) is 14.2 Å². The standard InChI is InChI=1S/C9H22O2P2/c1-10-8(12(3)4)7-9(11-2)13(5)6/h8-9H,7H2,1-6H3. The Labute approximate surface area is 84.9 Å². The molecule has 0 spiro atoms. The minimum absolute atomic E-state index is 0.0188. The van der Waals surface area contributed by atoms with Gasteiger partial charge in [-0.05, 0) is 26.7 Å². The fraction of sp³-hybridized carbons (Fsp3) is 1.00. The molecule has 0 rings (SSSR count). The third-order valence-electron chi connectivity index (χ3n) is 2.10. The van der Waals surface area contributed by atoms with Crippen LogP contribution in [0.2, 0.25) is 0 Å². The van der Waals surface area contributed by atoms with Crippen molar-refractivity contribution in [1.82, 2.24) is 0 Å². The molecule has 0 bridgehead atoms. The largest absolute Gasteiger partial charge is 0.377 e. The first-order chi connectivity index (χ1) is 6.02. The summed E-state index contributed by atoms with van der Waals surface area (Å²) in [6.07, 6.45) is 1.05. The highest BCUT2D eigenvalue weighted by Crippen LogP contribution is 2.42. The SMILES string of the molecule is COC(CC(OC)P(C)C)P(C)C. The fourth-order valence-corrected chi connectivity index (χ4v) is 3.44. The predicted molar refractivity (Wildman–Crippen MR) is 63.7 cm³/mol. The van der Waals surface area contributed by atoms with Gasteiger partial charge < -0.3 is 9.47 Å². The minimum Gasteiger partial charge on any atom is -0.377 e. The molecule has 2 nitrogen and oxygen atoms in total. The number of rotatable bonds is 6. The predicted octanol–water partition coefficient (Wildman–Crippen LogP) is 2.80. The fourth-order valence-electron chi connectivity index (χ4n) is 1.21. The van der Waals surface area contributed by atoms with Crippen molar-refractivity contribution in [2.75, 3.05) is 40.9 Å². The molecular weight excluding hydrogens is 202 g/mol. The van der Waals surface area contributed by atoms with Crippen molar-refractivity contribution in [3.63, 3.8) is 0 Å². The molecule has 0 saturated carbocycles. The summed E-state index contributed by atoms with van der Waals surface area (Å²) in [6, 6.07) is 0. The van der Waals surface area contributed by atoms with Crippen LogP contribution in [-0.2, 0) is 9.47 Å². The van der Waals surface area contributed by atoms with Crippen LogP contribution in [0.1, 0.15) is 6.42 Å². The lowest BCUT2D eigenvalue weighted by atomic mass is 10.5. The zero-order chi connectivity index (χ0) is 10.4. The van der Waals surface area contributed by atoms with Gasteiger partial charge in [-0.15, -0.1) is 0 Å². The van der Waals surface area contributed by atoms with Crippen molar-refractivity contribution < 1.29 is 9.47 Å². The van der Waals surface area contributed by atoms with Gasteiger partial charge in [-0.3, -0.25) is 0 Å². The van der Waals surface area contributed by atoms with Gasteiger partial charge in [0.25, 0.3) is 0 Å². The van der Waals surface area contributed by atoms with E-state index < -0.39 is 0 Å². The molecule has 0 fully saturated rings. The van der Waals surface area contributed by atoms with Crippen molar-refractivity contribution in [3.8, 4) is 0 Å². The van der Waals surface area contributed by atoms with Crippen molar-refractivity contribution in [2.45, 2.75) is 18.1 Å². The van der Waals surface area contributed by atoms with Gasteiger partial charge in [0.15, 0.2) is 0 Å². The van der Waals surface area contributed by atoms with E-state index in [4.69, 9.17) is 9.47 Å². The highest BCUT2D eigenvalue weighted by molar-refractivity contribution is 7.57. The van der Waals surface area contributed by atoms with Crippen molar-refractivity contribution in [3.05, 3.63) is 0 Å². The second-order valence-electron chi connectivity index (χ2n) is 3.54. The Bertz CT molecular complexity index is 115. The first-order valence-corrected chi connectivity index (χ1v) is 9.02. The van der Waals surface area contributed by atoms with Crippen molar-refractivity contribution >= 4 is 15.8 Å². The summed E-state index contributed by atoms with van der Waals surface area (Å²) in [5, 5.41) is 0. The maximum atomic E-state index is 5.45. The van der Waals surface area contributed by atoms with E-state index in [-0.39, 0.29) is 15.8 Å². The van der Waals surface area contributed by atoms with Gasteiger partial charge in [-0.1, -0.05) is 15.8 Å². The van der Waals surface area contributed by atoms with Crippen LogP contribution in [0.4, 0.5) is 0 Å². The molecule has 0 heterocycles. The van der Waals surface area contributed by atoms with E-state index in [0.29, 0.717) is 11.7 Å². The second kappa shape index (κ2) is 7.12. The van der Waals surface area contributed by atoms with Gasteiger partial charge in [0.1, 0.15) is 0 Å². The Hall–Kier alpha value is 0.780. The maximum Gasteiger partial charge on any atom is 0.0784 e. The van der Waals surface area contributed by atoms with Gasteiger partial charge in [-0.25, -0.2) is 0 Å². The van der Waals surface area contributed by atoms with Crippen LogP contribution in [0.3, 0.4) is 0 Å². The molecule has 0 aromatic carbocycles. The van der Waals surface area contributed by atoms with Crippen LogP contribution in [0, 0.1) is 0 Å². The van der Waals surface area contributed by atoms with Crippen LogP contribution in [0.15, 0.2) is 0 Å². The summed E-state index contributed by atoms with van der Waals surface area (Å²) < 4.78 is 10.9. The molecule has 0 amide bonds. The third-order valence-corrected chi connectivity index (χ3v) is 5.25. The Kier molecular flexibility index (Phi) is 7.55. The summed E-state index contributed by atoms with van der Waals surface area (Å²) in [6.45, 7) is 9.02. The van der Waals surface area contributed by atoms with Crippen LogP contribution < -0.4 is 0 Å². The smallest absolute Gasteiger partial charge is 0.0784 e. The van der Waals surface area contributed by atoms with E-state index in [0.717, 1.165) is 6.42 Å². The second-order valence-corrected chi connectivity index (χ2v) is 8.55. The summed E-state index contributed by atoms with van der Waals surface area (Å²) in [7, 11) is 3.56. The Morgan fingerprint density at radius 3 is 1.31 bits per heavy atom. The molecule has 2 atom stereocenters. The molecule has 0 aromatic rings. The lowest BCUT2D eigenvalue weighted by Crippen LogP contribution is -2.18. The van der Waals surface area contributed by atoms with Gasteiger partial charge in [0, 0.05) is 20.6 Å². The van der Waals surface area contributed by atoms with Gasteiger partial charge in [0.2, 0.25) is 0 Å². The molecule has 4 heteroatoms. The van der Waals surface area contributed by atoms with Crippen molar-refractivity contribution in [2.24, 2.45) is 0 Å². The Balaban J connectivity index is 4.03. The normalized spacial score (nSPS) is 16.6. The van der Waals surface area contributed by atoms with Gasteiger partial charge in [-0.2, -0.15) is 0 Å². The van der Waals surface area contributed by atoms with Gasteiger partial charge >= 0.3 is 0 Å². The molecule has 13 heavy (non-hydrogen) atoms. The Morgan fingerprint density at radius 2 is 1.15 bits per heavy atom. The lowest BCUT2D eigenvalue weighted by Gasteiger charge is -2.27. The highest BCUT2D eigenvalue weighted by Gasteiger charge is 2.20. The summed E-state index contributed by atoms with van der Waals surface area (Å²) in [5.41, 5.74) is 0. The number of ether oxygens (including phenoxy) is 2. The molecule has 0 aliphatic rings. The first-order valence-electron chi connectivity index (χ1n) is 4.41. The third kappa shape index (κ3) is 5.27. The maximum absolute atomic E-state index is 5.45. The summed E-state index contributed by atoms with van der Waals surface area (Å²) in [5.74, 6) is 0.787. The van der Waals surface area contributed by atoms with E-state index >= 15 is 0 Å². The molecule has 0 aliphatic carbocycles. The highest BCUT2D eigenvalue weighted by atomic mass is 31.1. The minimum atomic E-state index is -0.0188. The lowest BCUT2D eigenvalue weighted by molar-refractivity contribution is 0.0984. The quantitative estimate of drug-likeness (QED) is 0.646. The molecule has 2 unspecified atom stereocenters. The number of methoxy groups -OCH3 is 2.